The monoisotopic (exact) mass is 421 g/mol. The first-order valence-electron chi connectivity index (χ1n) is 7.45. The summed E-state index contributed by atoms with van der Waals surface area (Å²) in [4.78, 5) is 12.1. The van der Waals surface area contributed by atoms with Crippen LogP contribution in [0.15, 0.2) is 64.0 Å². The molecule has 0 saturated carbocycles. The van der Waals surface area contributed by atoms with Crippen LogP contribution in [0, 0.1) is 5.82 Å². The van der Waals surface area contributed by atoms with E-state index in [2.05, 4.69) is 26.3 Å². The topological polar surface area (TPSA) is 46.9 Å². The lowest BCUT2D eigenvalue weighted by Gasteiger charge is -2.22. The van der Waals surface area contributed by atoms with Gasteiger partial charge in [0.05, 0.1) is 17.9 Å². The summed E-state index contributed by atoms with van der Waals surface area (Å²) in [5.74, 6) is -0.321. The largest absolute Gasteiger partial charge is 0.372 e. The molecule has 7 heteroatoms. The van der Waals surface area contributed by atoms with Gasteiger partial charge in [0.25, 0.3) is 5.56 Å². The van der Waals surface area contributed by atoms with Gasteiger partial charge in [-0.05, 0) is 45.3 Å². The Labute approximate surface area is 157 Å². The fourth-order valence-corrected chi connectivity index (χ4v) is 3.19. The Balaban J connectivity index is 2.09. The molecule has 1 atom stereocenters. The summed E-state index contributed by atoms with van der Waals surface area (Å²) in [7, 11) is 1.57. The number of rotatable bonds is 4. The molecule has 0 aliphatic rings. The number of nitrogens with zero attached hydrogens (tertiary/aromatic N) is 2. The van der Waals surface area contributed by atoms with E-state index in [0.29, 0.717) is 15.2 Å². The number of hydrogen-bond acceptors (Lipinski definition) is 3. The summed E-state index contributed by atoms with van der Waals surface area (Å²) in [6.07, 6.45) is 1.55. The predicted molar refractivity (Wildman–Crippen MR) is 100 cm³/mol. The maximum atomic E-state index is 13.3. The summed E-state index contributed by atoms with van der Waals surface area (Å²) >= 11 is 9.66. The van der Waals surface area contributed by atoms with E-state index in [1.54, 1.807) is 31.4 Å². The first kappa shape index (κ1) is 17.6. The van der Waals surface area contributed by atoms with Gasteiger partial charge in [-0.1, -0.05) is 41.9 Å². The molecule has 0 bridgehead atoms. The highest BCUT2D eigenvalue weighted by atomic mass is 79.9. The number of anilines is 1. The molecule has 0 radical (unpaired) electrons. The molecular formula is C18H14BrClFN3O. The molecule has 3 aromatic rings. The minimum absolute atomic E-state index is 0.262. The molecule has 0 fully saturated rings. The highest BCUT2D eigenvalue weighted by Gasteiger charge is 2.19. The summed E-state index contributed by atoms with van der Waals surface area (Å²) in [5.41, 5.74) is 1.88. The third-order valence-corrected chi connectivity index (χ3v) is 4.91. The van der Waals surface area contributed by atoms with E-state index in [-0.39, 0.29) is 17.4 Å². The van der Waals surface area contributed by atoms with Crippen molar-refractivity contribution in [1.82, 2.24) is 9.78 Å². The molecule has 0 amide bonds. The third kappa shape index (κ3) is 3.75. The standard InChI is InChI=1S/C18H14BrClFN3O/c1-24-18(25)16(19)15(10-22-24)23-17(11-6-8-12(21)9-7-11)13-4-2-3-5-14(13)20/h2-10,17,23H,1H3. The maximum absolute atomic E-state index is 13.3. The molecule has 0 aliphatic carbocycles. The van der Waals surface area contributed by atoms with Crippen LogP contribution in [0.25, 0.3) is 0 Å². The highest BCUT2D eigenvalue weighted by molar-refractivity contribution is 9.10. The van der Waals surface area contributed by atoms with Gasteiger partial charge in [-0.2, -0.15) is 5.10 Å². The third-order valence-electron chi connectivity index (χ3n) is 3.80. The Morgan fingerprint density at radius 1 is 1.20 bits per heavy atom. The van der Waals surface area contributed by atoms with Crippen LogP contribution in [-0.2, 0) is 7.05 Å². The van der Waals surface area contributed by atoms with Crippen molar-refractivity contribution < 1.29 is 4.39 Å². The van der Waals surface area contributed by atoms with E-state index in [0.717, 1.165) is 11.1 Å². The fraction of sp³-hybridized carbons (Fsp3) is 0.111. The van der Waals surface area contributed by atoms with Gasteiger partial charge in [0, 0.05) is 12.1 Å². The Morgan fingerprint density at radius 3 is 2.56 bits per heavy atom. The predicted octanol–water partition coefficient (Wildman–Crippen LogP) is 4.54. The van der Waals surface area contributed by atoms with E-state index in [1.807, 2.05) is 18.2 Å². The van der Waals surface area contributed by atoms with E-state index in [9.17, 15) is 9.18 Å². The zero-order valence-electron chi connectivity index (χ0n) is 13.2. The number of nitrogens with one attached hydrogen (secondary N) is 1. The number of aromatic nitrogens is 2. The van der Waals surface area contributed by atoms with Crippen LogP contribution in [0.5, 0.6) is 0 Å². The molecule has 4 nitrogen and oxygen atoms in total. The number of halogens is 3. The SMILES string of the molecule is Cn1ncc(NC(c2ccc(F)cc2)c2ccccc2Cl)c(Br)c1=O. The maximum Gasteiger partial charge on any atom is 0.282 e. The molecule has 0 spiro atoms. The van der Waals surface area contributed by atoms with Crippen molar-refractivity contribution >= 4 is 33.2 Å². The van der Waals surface area contributed by atoms with E-state index >= 15 is 0 Å². The van der Waals surface area contributed by atoms with Gasteiger partial charge >= 0.3 is 0 Å². The van der Waals surface area contributed by atoms with Gasteiger partial charge in [-0.15, -0.1) is 0 Å². The molecule has 1 N–H and O–H groups in total. The summed E-state index contributed by atoms with van der Waals surface area (Å²) in [6, 6.07) is 13.1. The van der Waals surface area contributed by atoms with E-state index in [4.69, 9.17) is 11.6 Å². The normalized spacial score (nSPS) is 12.0. The molecule has 128 valence electrons. The van der Waals surface area contributed by atoms with Gasteiger partial charge in [0.2, 0.25) is 0 Å². The lowest BCUT2D eigenvalue weighted by atomic mass is 9.98. The first-order chi connectivity index (χ1) is 12.0. The molecule has 1 unspecified atom stereocenters. The van der Waals surface area contributed by atoms with Crippen LogP contribution in [-0.4, -0.2) is 9.78 Å². The molecule has 1 heterocycles. The van der Waals surface area contributed by atoms with Crippen molar-refractivity contribution in [3.63, 3.8) is 0 Å². The second-order valence-corrected chi connectivity index (χ2v) is 6.65. The van der Waals surface area contributed by atoms with Gasteiger partial charge < -0.3 is 5.32 Å². The molecule has 2 aromatic carbocycles. The summed E-state index contributed by atoms with van der Waals surface area (Å²) in [6.45, 7) is 0. The molecule has 0 saturated heterocycles. The lowest BCUT2D eigenvalue weighted by molar-refractivity contribution is 0.626. The van der Waals surface area contributed by atoms with Gasteiger partial charge in [0.1, 0.15) is 10.3 Å². The Morgan fingerprint density at radius 2 is 1.88 bits per heavy atom. The van der Waals surface area contributed by atoms with Gasteiger partial charge in [-0.3, -0.25) is 4.79 Å². The zero-order chi connectivity index (χ0) is 18.0. The number of hydrogen-bond donors (Lipinski definition) is 1. The Bertz CT molecular complexity index is 959. The molecule has 1 aromatic heterocycles. The van der Waals surface area contributed by atoms with Crippen molar-refractivity contribution in [1.29, 1.82) is 0 Å². The molecular weight excluding hydrogens is 409 g/mol. The first-order valence-corrected chi connectivity index (χ1v) is 8.62. The van der Waals surface area contributed by atoms with Crippen LogP contribution >= 0.6 is 27.5 Å². The van der Waals surface area contributed by atoms with Crippen molar-refractivity contribution in [3.8, 4) is 0 Å². The number of benzene rings is 2. The molecule has 3 rings (SSSR count). The Kier molecular flexibility index (Phi) is 5.20. The van der Waals surface area contributed by atoms with Crippen molar-refractivity contribution in [2.45, 2.75) is 6.04 Å². The van der Waals surface area contributed by atoms with E-state index in [1.165, 1.54) is 16.8 Å². The average molecular weight is 423 g/mol. The summed E-state index contributed by atoms with van der Waals surface area (Å²) in [5, 5.41) is 7.88. The lowest BCUT2D eigenvalue weighted by Crippen LogP contribution is -2.23. The van der Waals surface area contributed by atoms with Crippen LogP contribution in [0.3, 0.4) is 0 Å². The van der Waals surface area contributed by atoms with Gasteiger partial charge in [-0.25, -0.2) is 9.07 Å². The average Bonchev–Trinajstić information content (AvgIpc) is 2.61. The Hall–Kier alpha value is -2.18. The minimum Gasteiger partial charge on any atom is -0.372 e. The fourth-order valence-electron chi connectivity index (χ4n) is 2.47. The summed E-state index contributed by atoms with van der Waals surface area (Å²) < 4.78 is 14.9. The minimum atomic E-state index is -0.375. The van der Waals surface area contributed by atoms with E-state index < -0.39 is 0 Å². The number of aryl methyl sites for hydroxylation is 1. The highest BCUT2D eigenvalue weighted by Crippen LogP contribution is 2.32. The van der Waals surface area contributed by atoms with Crippen molar-refractivity contribution in [2.24, 2.45) is 7.05 Å². The molecule has 0 aliphatic heterocycles. The van der Waals surface area contributed by atoms with Crippen LogP contribution < -0.4 is 10.9 Å². The second kappa shape index (κ2) is 7.37. The van der Waals surface area contributed by atoms with Crippen molar-refractivity contribution in [2.75, 3.05) is 5.32 Å². The van der Waals surface area contributed by atoms with Crippen LogP contribution in [0.1, 0.15) is 17.2 Å². The smallest absolute Gasteiger partial charge is 0.282 e. The quantitative estimate of drug-likeness (QED) is 0.671. The molecule has 25 heavy (non-hydrogen) atoms. The zero-order valence-corrected chi connectivity index (χ0v) is 15.6. The van der Waals surface area contributed by atoms with Crippen LogP contribution in [0.2, 0.25) is 5.02 Å². The van der Waals surface area contributed by atoms with Gasteiger partial charge in [0.15, 0.2) is 0 Å². The van der Waals surface area contributed by atoms with Crippen LogP contribution in [0.4, 0.5) is 10.1 Å². The van der Waals surface area contributed by atoms with Crippen molar-refractivity contribution in [3.05, 3.63) is 91.5 Å². The second-order valence-electron chi connectivity index (χ2n) is 5.45.